The van der Waals surface area contributed by atoms with Crippen LogP contribution in [0, 0.1) is 5.92 Å². The molecule has 0 amide bonds. The first kappa shape index (κ1) is 16.3. The number of carbonyl (C=O) groups is 1. The maximum Gasteiger partial charge on any atom is 0.137 e. The maximum atomic E-state index is 11.5. The number of aromatic nitrogens is 3. The SMILES string of the molecule is CO.NCCCC1CC1(C=O)c1cn(-c2ccccn2)cn1. The Morgan fingerprint density at radius 1 is 1.45 bits per heavy atom. The number of aldehydes is 1. The van der Waals surface area contributed by atoms with Crippen LogP contribution < -0.4 is 5.73 Å². The van der Waals surface area contributed by atoms with Crippen LogP contribution in [0.5, 0.6) is 0 Å². The summed E-state index contributed by atoms with van der Waals surface area (Å²) in [6.07, 6.45) is 9.27. The quantitative estimate of drug-likeness (QED) is 0.778. The molecule has 2 aromatic heterocycles. The van der Waals surface area contributed by atoms with Crippen molar-refractivity contribution in [1.82, 2.24) is 14.5 Å². The third-order valence-corrected chi connectivity index (χ3v) is 4.09. The van der Waals surface area contributed by atoms with E-state index in [1.807, 2.05) is 29.0 Å². The molecule has 1 saturated carbocycles. The maximum absolute atomic E-state index is 11.5. The first-order valence-electron chi connectivity index (χ1n) is 7.37. The van der Waals surface area contributed by atoms with Crippen molar-refractivity contribution in [2.45, 2.75) is 24.7 Å². The van der Waals surface area contributed by atoms with Crippen molar-refractivity contribution >= 4 is 6.29 Å². The molecule has 1 aliphatic rings. The van der Waals surface area contributed by atoms with Gasteiger partial charge in [-0.3, -0.25) is 4.57 Å². The molecule has 1 fully saturated rings. The van der Waals surface area contributed by atoms with Crippen molar-refractivity contribution in [3.05, 3.63) is 42.6 Å². The predicted octanol–water partition coefficient (Wildman–Crippen LogP) is 1.07. The Balaban J connectivity index is 0.000000847. The topological polar surface area (TPSA) is 94.0 Å². The minimum Gasteiger partial charge on any atom is -0.400 e. The van der Waals surface area contributed by atoms with Gasteiger partial charge >= 0.3 is 0 Å². The summed E-state index contributed by atoms with van der Waals surface area (Å²) < 4.78 is 1.86. The third-order valence-electron chi connectivity index (χ3n) is 4.09. The summed E-state index contributed by atoms with van der Waals surface area (Å²) in [5.74, 6) is 1.20. The number of nitrogens with two attached hydrogens (primary N) is 1. The van der Waals surface area contributed by atoms with Crippen LogP contribution in [-0.2, 0) is 10.2 Å². The van der Waals surface area contributed by atoms with E-state index in [1.165, 1.54) is 0 Å². The summed E-state index contributed by atoms with van der Waals surface area (Å²) in [4.78, 5) is 20.2. The van der Waals surface area contributed by atoms with E-state index in [1.54, 1.807) is 12.5 Å². The molecule has 0 aromatic carbocycles. The van der Waals surface area contributed by atoms with Gasteiger partial charge in [-0.1, -0.05) is 6.07 Å². The molecule has 3 N–H and O–H groups in total. The van der Waals surface area contributed by atoms with Gasteiger partial charge in [0.05, 0.1) is 11.1 Å². The second-order valence-electron chi connectivity index (χ2n) is 5.34. The van der Waals surface area contributed by atoms with E-state index in [0.29, 0.717) is 12.5 Å². The van der Waals surface area contributed by atoms with Crippen LogP contribution >= 0.6 is 0 Å². The van der Waals surface area contributed by atoms with Gasteiger partial charge in [-0.2, -0.15) is 0 Å². The zero-order valence-corrected chi connectivity index (χ0v) is 12.7. The molecule has 2 atom stereocenters. The monoisotopic (exact) mass is 302 g/mol. The lowest BCUT2D eigenvalue weighted by atomic mass is 9.99. The molecule has 2 unspecified atom stereocenters. The number of hydrogen-bond acceptors (Lipinski definition) is 5. The molecule has 6 nitrogen and oxygen atoms in total. The smallest absolute Gasteiger partial charge is 0.137 e. The largest absolute Gasteiger partial charge is 0.400 e. The lowest BCUT2D eigenvalue weighted by Crippen LogP contribution is -2.13. The van der Waals surface area contributed by atoms with Gasteiger partial charge in [0.25, 0.3) is 0 Å². The zero-order chi connectivity index (χ0) is 16.0. The zero-order valence-electron chi connectivity index (χ0n) is 12.7. The van der Waals surface area contributed by atoms with Crippen LogP contribution in [0.2, 0.25) is 0 Å². The molecule has 0 bridgehead atoms. The molecule has 0 spiro atoms. The molecule has 0 aliphatic heterocycles. The lowest BCUT2D eigenvalue weighted by Gasteiger charge is -2.06. The van der Waals surface area contributed by atoms with Crippen molar-refractivity contribution in [2.24, 2.45) is 11.7 Å². The molecule has 2 aromatic rings. The van der Waals surface area contributed by atoms with E-state index in [9.17, 15) is 4.79 Å². The van der Waals surface area contributed by atoms with Crippen LogP contribution in [0.25, 0.3) is 5.82 Å². The standard InChI is InChI=1S/C15H18N4O.CH4O/c16-6-3-4-12-8-15(12,10-20)13-9-19(11-18-13)14-5-1-2-7-17-14;1-2/h1-2,5,7,9-12H,3-4,6,8,16H2;2H,1H3. The van der Waals surface area contributed by atoms with Crippen LogP contribution in [0.3, 0.4) is 0 Å². The van der Waals surface area contributed by atoms with Crippen LogP contribution in [0.4, 0.5) is 0 Å². The van der Waals surface area contributed by atoms with E-state index in [4.69, 9.17) is 10.8 Å². The van der Waals surface area contributed by atoms with Crippen molar-refractivity contribution in [3.8, 4) is 5.82 Å². The Morgan fingerprint density at radius 2 is 2.27 bits per heavy atom. The van der Waals surface area contributed by atoms with E-state index in [-0.39, 0.29) is 0 Å². The molecule has 118 valence electrons. The first-order chi connectivity index (χ1) is 10.8. The normalized spacial score (nSPS) is 22.6. The fraction of sp³-hybridized carbons (Fsp3) is 0.438. The fourth-order valence-corrected chi connectivity index (χ4v) is 2.79. The second-order valence-corrected chi connectivity index (χ2v) is 5.34. The van der Waals surface area contributed by atoms with E-state index in [0.717, 1.165) is 44.2 Å². The second kappa shape index (κ2) is 7.29. The number of aliphatic hydroxyl groups is 1. The van der Waals surface area contributed by atoms with Gasteiger partial charge in [-0.25, -0.2) is 9.97 Å². The number of rotatable bonds is 6. The molecule has 1 aliphatic carbocycles. The summed E-state index contributed by atoms with van der Waals surface area (Å²) >= 11 is 0. The highest BCUT2D eigenvalue weighted by atomic mass is 16.2. The van der Waals surface area contributed by atoms with Crippen molar-refractivity contribution in [2.75, 3.05) is 13.7 Å². The first-order valence-corrected chi connectivity index (χ1v) is 7.37. The van der Waals surface area contributed by atoms with Crippen LogP contribution in [0.1, 0.15) is 25.0 Å². The van der Waals surface area contributed by atoms with Gasteiger partial charge in [-0.05, 0) is 43.9 Å². The molecule has 0 saturated heterocycles. The highest BCUT2D eigenvalue weighted by molar-refractivity contribution is 5.73. The van der Waals surface area contributed by atoms with Crippen molar-refractivity contribution in [3.63, 3.8) is 0 Å². The fourth-order valence-electron chi connectivity index (χ4n) is 2.79. The summed E-state index contributed by atoms with van der Waals surface area (Å²) in [7, 11) is 1.00. The Labute approximate surface area is 130 Å². The molecule has 6 heteroatoms. The van der Waals surface area contributed by atoms with E-state index < -0.39 is 5.41 Å². The van der Waals surface area contributed by atoms with Gasteiger partial charge in [0.15, 0.2) is 0 Å². The van der Waals surface area contributed by atoms with Gasteiger partial charge in [0.2, 0.25) is 0 Å². The lowest BCUT2D eigenvalue weighted by molar-refractivity contribution is -0.110. The van der Waals surface area contributed by atoms with E-state index >= 15 is 0 Å². The number of carbonyl (C=O) groups excluding carboxylic acids is 1. The highest BCUT2D eigenvalue weighted by Crippen LogP contribution is 2.54. The summed E-state index contributed by atoms with van der Waals surface area (Å²) in [6, 6.07) is 5.72. The number of hydrogen-bond donors (Lipinski definition) is 2. The Morgan fingerprint density at radius 3 is 2.91 bits per heavy atom. The molecular weight excluding hydrogens is 280 g/mol. The minimum atomic E-state index is -0.394. The molecule has 0 radical (unpaired) electrons. The number of pyridine rings is 1. The molecule has 3 rings (SSSR count). The summed E-state index contributed by atoms with van der Waals surface area (Å²) in [5, 5.41) is 7.00. The molecule has 2 heterocycles. The summed E-state index contributed by atoms with van der Waals surface area (Å²) in [5.41, 5.74) is 5.99. The number of aliphatic hydroxyl groups excluding tert-OH is 1. The predicted molar refractivity (Wildman–Crippen MR) is 83.6 cm³/mol. The average Bonchev–Trinajstić information content (AvgIpc) is 3.09. The Kier molecular flexibility index (Phi) is 5.41. The van der Waals surface area contributed by atoms with Gasteiger partial charge in [0, 0.05) is 19.5 Å². The van der Waals surface area contributed by atoms with Gasteiger partial charge in [0.1, 0.15) is 18.4 Å². The summed E-state index contributed by atoms with van der Waals surface area (Å²) in [6.45, 7) is 0.674. The van der Waals surface area contributed by atoms with Crippen molar-refractivity contribution in [1.29, 1.82) is 0 Å². The highest BCUT2D eigenvalue weighted by Gasteiger charge is 2.56. The Bertz CT molecular complexity index is 599. The van der Waals surface area contributed by atoms with E-state index in [2.05, 4.69) is 9.97 Å². The number of imidazole rings is 1. The van der Waals surface area contributed by atoms with Crippen LogP contribution in [0.15, 0.2) is 36.9 Å². The third kappa shape index (κ3) is 3.08. The van der Waals surface area contributed by atoms with Crippen molar-refractivity contribution < 1.29 is 9.90 Å². The number of nitrogens with zero attached hydrogens (tertiary/aromatic N) is 3. The Hall–Kier alpha value is -2.05. The molecule has 22 heavy (non-hydrogen) atoms. The average molecular weight is 302 g/mol. The minimum absolute atomic E-state index is 0.385. The molecular formula is C16H22N4O2. The van der Waals surface area contributed by atoms with Crippen LogP contribution in [-0.4, -0.2) is 39.6 Å². The van der Waals surface area contributed by atoms with Gasteiger partial charge < -0.3 is 15.6 Å². The van der Waals surface area contributed by atoms with Gasteiger partial charge in [-0.15, -0.1) is 0 Å².